The Morgan fingerprint density at radius 3 is 2.78 bits per heavy atom. The maximum atomic E-state index is 13.4. The molecule has 0 bridgehead atoms. The van der Waals surface area contributed by atoms with E-state index in [0.717, 1.165) is 22.2 Å². The highest BCUT2D eigenvalue weighted by Crippen LogP contribution is 2.36. The zero-order chi connectivity index (χ0) is 22.7. The second-order valence-corrected chi connectivity index (χ2v) is 8.07. The minimum Gasteiger partial charge on any atom is -0.493 e. The number of methoxy groups -OCH3 is 1. The summed E-state index contributed by atoms with van der Waals surface area (Å²) < 4.78 is 25.5. The summed E-state index contributed by atoms with van der Waals surface area (Å²) in [4.78, 5) is 7.74. The predicted octanol–water partition coefficient (Wildman–Crippen LogP) is 6.42. The maximum absolute atomic E-state index is 13.4. The largest absolute Gasteiger partial charge is 0.493 e. The lowest BCUT2D eigenvalue weighted by Gasteiger charge is -2.13. The number of halogens is 2. The molecule has 32 heavy (non-hydrogen) atoms. The summed E-state index contributed by atoms with van der Waals surface area (Å²) in [5, 5.41) is 9.75. The smallest absolute Gasteiger partial charge is 0.162 e. The summed E-state index contributed by atoms with van der Waals surface area (Å²) in [5.74, 6) is 1.17. The van der Waals surface area contributed by atoms with Crippen molar-refractivity contribution < 1.29 is 13.9 Å². The maximum Gasteiger partial charge on any atom is 0.162 e. The van der Waals surface area contributed by atoms with Crippen LogP contribution in [0.5, 0.6) is 11.5 Å². The molecule has 1 N–H and O–H groups in total. The van der Waals surface area contributed by atoms with Gasteiger partial charge in [0.15, 0.2) is 11.5 Å². The van der Waals surface area contributed by atoms with E-state index in [2.05, 4.69) is 32.0 Å². The van der Waals surface area contributed by atoms with E-state index >= 15 is 0 Å². The number of fused-ring (bicyclic) bond motifs is 1. The molecule has 0 aliphatic rings. The van der Waals surface area contributed by atoms with Crippen LogP contribution in [0, 0.1) is 24.1 Å². The number of aromatic amines is 1. The molecule has 0 spiro atoms. The number of nitrogens with one attached hydrogen (secondary N) is 1. The van der Waals surface area contributed by atoms with E-state index in [1.165, 1.54) is 12.1 Å². The first-order chi connectivity index (χ1) is 15.5. The molecule has 0 saturated heterocycles. The Bertz CT molecular complexity index is 1370. The number of benzene rings is 3. The molecule has 1 aromatic heterocycles. The van der Waals surface area contributed by atoms with Gasteiger partial charge in [0.1, 0.15) is 24.3 Å². The van der Waals surface area contributed by atoms with Crippen LogP contribution in [-0.2, 0) is 6.61 Å². The van der Waals surface area contributed by atoms with Gasteiger partial charge in [-0.2, -0.15) is 5.26 Å². The minimum atomic E-state index is -0.315. The molecule has 0 atom stereocenters. The first-order valence-corrected chi connectivity index (χ1v) is 10.6. The highest BCUT2D eigenvalue weighted by molar-refractivity contribution is 9.10. The molecule has 0 aliphatic carbocycles. The number of nitriles is 1. The molecule has 4 aromatic rings. The van der Waals surface area contributed by atoms with Gasteiger partial charge in [0.05, 0.1) is 23.7 Å². The van der Waals surface area contributed by atoms with E-state index in [1.807, 2.05) is 25.1 Å². The average Bonchev–Trinajstić information content (AvgIpc) is 3.20. The molecule has 7 heteroatoms. The topological polar surface area (TPSA) is 70.9 Å². The van der Waals surface area contributed by atoms with E-state index in [4.69, 9.17) is 9.47 Å². The van der Waals surface area contributed by atoms with Gasteiger partial charge in [-0.25, -0.2) is 9.37 Å². The molecule has 0 radical (unpaired) electrons. The zero-order valence-electron chi connectivity index (χ0n) is 17.4. The number of aryl methyl sites for hydroxylation is 1. The number of rotatable bonds is 6. The molecule has 160 valence electrons. The second kappa shape index (κ2) is 9.25. The van der Waals surface area contributed by atoms with Crippen LogP contribution in [0.15, 0.2) is 59.1 Å². The van der Waals surface area contributed by atoms with Gasteiger partial charge in [-0.1, -0.05) is 34.1 Å². The van der Waals surface area contributed by atoms with Crippen LogP contribution in [0.4, 0.5) is 4.39 Å². The number of allylic oxidation sites excluding steroid dienone is 1. The van der Waals surface area contributed by atoms with E-state index in [9.17, 15) is 9.65 Å². The van der Waals surface area contributed by atoms with Gasteiger partial charge in [-0.15, -0.1) is 0 Å². The summed E-state index contributed by atoms with van der Waals surface area (Å²) in [6.07, 6.45) is 1.73. The van der Waals surface area contributed by atoms with Crippen molar-refractivity contribution in [3.05, 3.63) is 87.4 Å². The standard InChI is InChI=1S/C25H19BrFN3O2/c1-15-6-7-21-22(8-15)30-25(29-21)18(13-28)10-17-11-23(31-2)24(12-20(17)26)32-14-16-4-3-5-19(27)9-16/h3-12H,14H2,1-2H3,(H,29,30)/b18-10-. The molecular weight excluding hydrogens is 473 g/mol. The number of imidazole rings is 1. The molecule has 0 aliphatic heterocycles. The third-order valence-electron chi connectivity index (χ3n) is 4.88. The third kappa shape index (κ3) is 4.66. The third-order valence-corrected chi connectivity index (χ3v) is 5.57. The Balaban J connectivity index is 1.64. The highest BCUT2D eigenvalue weighted by atomic mass is 79.9. The van der Waals surface area contributed by atoms with Crippen molar-refractivity contribution in [3.8, 4) is 17.6 Å². The van der Waals surface area contributed by atoms with Crippen molar-refractivity contribution in [1.82, 2.24) is 9.97 Å². The van der Waals surface area contributed by atoms with Crippen LogP contribution in [0.1, 0.15) is 22.5 Å². The van der Waals surface area contributed by atoms with Crippen molar-refractivity contribution in [2.24, 2.45) is 0 Å². The first kappa shape index (κ1) is 21.6. The Morgan fingerprint density at radius 1 is 1.19 bits per heavy atom. The van der Waals surface area contributed by atoms with E-state index in [-0.39, 0.29) is 12.4 Å². The summed E-state index contributed by atoms with van der Waals surface area (Å²) in [6.45, 7) is 2.19. The zero-order valence-corrected chi connectivity index (χ0v) is 19.0. The molecule has 4 rings (SSSR count). The van der Waals surface area contributed by atoms with Crippen LogP contribution in [0.3, 0.4) is 0 Å². The summed E-state index contributed by atoms with van der Waals surface area (Å²) in [7, 11) is 1.54. The monoisotopic (exact) mass is 491 g/mol. The predicted molar refractivity (Wildman–Crippen MR) is 126 cm³/mol. The fourth-order valence-electron chi connectivity index (χ4n) is 3.28. The van der Waals surface area contributed by atoms with Gasteiger partial charge >= 0.3 is 0 Å². The van der Waals surface area contributed by atoms with E-state index in [0.29, 0.717) is 32.9 Å². The van der Waals surface area contributed by atoms with Crippen molar-refractivity contribution in [2.75, 3.05) is 7.11 Å². The van der Waals surface area contributed by atoms with Crippen molar-refractivity contribution in [3.63, 3.8) is 0 Å². The van der Waals surface area contributed by atoms with Gasteiger partial charge in [0.2, 0.25) is 0 Å². The van der Waals surface area contributed by atoms with Gasteiger partial charge in [0.25, 0.3) is 0 Å². The number of aromatic nitrogens is 2. The minimum absolute atomic E-state index is 0.192. The average molecular weight is 492 g/mol. The normalized spacial score (nSPS) is 11.4. The van der Waals surface area contributed by atoms with Crippen LogP contribution >= 0.6 is 15.9 Å². The van der Waals surface area contributed by atoms with Gasteiger partial charge < -0.3 is 14.5 Å². The number of ether oxygens (including phenoxy) is 2. The second-order valence-electron chi connectivity index (χ2n) is 7.22. The number of hydrogen-bond acceptors (Lipinski definition) is 4. The summed E-state index contributed by atoms with van der Waals surface area (Å²) in [6, 6.07) is 17.9. The number of nitrogens with zero attached hydrogens (tertiary/aromatic N) is 2. The lowest BCUT2D eigenvalue weighted by Crippen LogP contribution is -1.99. The Labute approximate surface area is 193 Å². The SMILES string of the molecule is COc1cc(/C=C(/C#N)c2nc3ccc(C)cc3[nH]2)c(Br)cc1OCc1cccc(F)c1. The lowest BCUT2D eigenvalue weighted by atomic mass is 10.1. The summed E-state index contributed by atoms with van der Waals surface area (Å²) >= 11 is 3.54. The van der Waals surface area contributed by atoms with Gasteiger partial charge in [-0.3, -0.25) is 0 Å². The lowest BCUT2D eigenvalue weighted by molar-refractivity contribution is 0.284. The molecule has 0 amide bonds. The Hall–Kier alpha value is -3.63. The highest BCUT2D eigenvalue weighted by Gasteiger charge is 2.13. The number of H-pyrrole nitrogens is 1. The summed E-state index contributed by atoms with van der Waals surface area (Å²) in [5.41, 5.74) is 4.60. The molecule has 1 heterocycles. The fourth-order valence-corrected chi connectivity index (χ4v) is 3.72. The van der Waals surface area contributed by atoms with Crippen LogP contribution in [0.2, 0.25) is 0 Å². The van der Waals surface area contributed by atoms with Crippen molar-refractivity contribution in [2.45, 2.75) is 13.5 Å². The molecule has 0 unspecified atom stereocenters. The molecule has 0 saturated carbocycles. The molecule has 5 nitrogen and oxygen atoms in total. The quantitative estimate of drug-likeness (QED) is 0.315. The van der Waals surface area contributed by atoms with Crippen molar-refractivity contribution in [1.29, 1.82) is 5.26 Å². The molecule has 3 aromatic carbocycles. The van der Waals surface area contributed by atoms with E-state index < -0.39 is 0 Å². The van der Waals surface area contributed by atoms with E-state index in [1.54, 1.807) is 37.5 Å². The van der Waals surface area contributed by atoms with Gasteiger partial charge in [0, 0.05) is 4.47 Å². The van der Waals surface area contributed by atoms with Crippen LogP contribution < -0.4 is 9.47 Å². The van der Waals surface area contributed by atoms with Gasteiger partial charge in [-0.05, 0) is 66.1 Å². The number of hydrogen-bond donors (Lipinski definition) is 1. The first-order valence-electron chi connectivity index (χ1n) is 9.80. The van der Waals surface area contributed by atoms with Crippen LogP contribution in [-0.4, -0.2) is 17.1 Å². The van der Waals surface area contributed by atoms with Crippen LogP contribution in [0.25, 0.3) is 22.7 Å². The Morgan fingerprint density at radius 2 is 2.03 bits per heavy atom. The molecule has 0 fully saturated rings. The van der Waals surface area contributed by atoms with Crippen molar-refractivity contribution >= 4 is 38.6 Å². The Kier molecular flexibility index (Phi) is 6.24. The fraction of sp³-hybridized carbons (Fsp3) is 0.120. The molecular formula is C25H19BrFN3O2.